The lowest BCUT2D eigenvalue weighted by Gasteiger charge is -2.42. The average Bonchev–Trinajstić information content (AvgIpc) is 3.02. The molecule has 0 amide bonds. The van der Waals surface area contributed by atoms with Crippen LogP contribution in [0.4, 0.5) is 0 Å². The molecule has 2 atom stereocenters. The molecular formula is C23H44N2. The van der Waals surface area contributed by atoms with Crippen LogP contribution in [0.3, 0.4) is 0 Å². The van der Waals surface area contributed by atoms with Crippen LogP contribution in [-0.4, -0.2) is 48.1 Å². The van der Waals surface area contributed by atoms with Gasteiger partial charge < -0.3 is 4.90 Å². The molecule has 146 valence electrons. The lowest BCUT2D eigenvalue weighted by molar-refractivity contribution is 0.0549. The van der Waals surface area contributed by atoms with E-state index < -0.39 is 0 Å². The summed E-state index contributed by atoms with van der Waals surface area (Å²) < 4.78 is 0. The Labute approximate surface area is 157 Å². The molecule has 2 unspecified atom stereocenters. The number of hydrogen-bond donors (Lipinski definition) is 0. The average molecular weight is 349 g/mol. The Morgan fingerprint density at radius 1 is 0.720 bits per heavy atom. The Morgan fingerprint density at radius 3 is 1.72 bits per heavy atom. The summed E-state index contributed by atoms with van der Waals surface area (Å²) in [5.41, 5.74) is 0.869. The molecule has 2 saturated carbocycles. The van der Waals surface area contributed by atoms with Crippen LogP contribution >= 0.6 is 0 Å². The van der Waals surface area contributed by atoms with Crippen LogP contribution in [0.25, 0.3) is 0 Å². The molecular weight excluding hydrogens is 304 g/mol. The zero-order valence-corrected chi connectivity index (χ0v) is 18.0. The summed E-state index contributed by atoms with van der Waals surface area (Å²) in [5, 5.41) is 0. The van der Waals surface area contributed by atoms with Crippen LogP contribution in [-0.2, 0) is 0 Å². The van der Waals surface area contributed by atoms with E-state index in [2.05, 4.69) is 51.3 Å². The summed E-state index contributed by atoms with van der Waals surface area (Å²) in [4.78, 5) is 5.43. The summed E-state index contributed by atoms with van der Waals surface area (Å²) >= 11 is 0. The maximum absolute atomic E-state index is 2.77. The van der Waals surface area contributed by atoms with Crippen molar-refractivity contribution in [2.75, 3.05) is 32.7 Å². The minimum Gasteiger partial charge on any atom is -0.301 e. The van der Waals surface area contributed by atoms with Gasteiger partial charge in [0.1, 0.15) is 0 Å². The number of piperazine rings is 1. The van der Waals surface area contributed by atoms with Crippen LogP contribution in [0.15, 0.2) is 0 Å². The fourth-order valence-corrected chi connectivity index (χ4v) is 5.86. The third kappa shape index (κ3) is 5.45. The largest absolute Gasteiger partial charge is 0.301 e. The van der Waals surface area contributed by atoms with Gasteiger partial charge >= 0.3 is 0 Å². The van der Waals surface area contributed by atoms with E-state index in [0.29, 0.717) is 11.0 Å². The Morgan fingerprint density at radius 2 is 1.24 bits per heavy atom. The van der Waals surface area contributed by atoms with Gasteiger partial charge in [-0.05, 0) is 88.4 Å². The molecule has 0 spiro atoms. The Bertz CT molecular complexity index is 408. The van der Waals surface area contributed by atoms with Gasteiger partial charge in [-0.25, -0.2) is 0 Å². The Kier molecular flexibility index (Phi) is 5.91. The van der Waals surface area contributed by atoms with E-state index in [9.17, 15) is 0 Å². The van der Waals surface area contributed by atoms with E-state index in [-0.39, 0.29) is 0 Å². The van der Waals surface area contributed by atoms with Crippen LogP contribution < -0.4 is 0 Å². The molecule has 1 heterocycles. The first-order chi connectivity index (χ1) is 11.6. The lowest BCUT2D eigenvalue weighted by Crippen LogP contribution is -2.53. The molecule has 3 fully saturated rings. The quantitative estimate of drug-likeness (QED) is 0.682. The SMILES string of the molecule is CC(C)(C)CCC1CC2CC(CN3CCN(C(C)(C)C)CC3)CC2C1. The molecule has 25 heavy (non-hydrogen) atoms. The highest BCUT2D eigenvalue weighted by molar-refractivity contribution is 4.93. The Hall–Kier alpha value is -0.0800. The molecule has 2 aliphatic carbocycles. The number of hydrogen-bond acceptors (Lipinski definition) is 2. The van der Waals surface area contributed by atoms with Crippen molar-refractivity contribution < 1.29 is 0 Å². The van der Waals surface area contributed by atoms with Crippen molar-refractivity contribution in [3.63, 3.8) is 0 Å². The van der Waals surface area contributed by atoms with E-state index in [1.807, 2.05) is 0 Å². The maximum atomic E-state index is 2.77. The van der Waals surface area contributed by atoms with Gasteiger partial charge in [-0.15, -0.1) is 0 Å². The van der Waals surface area contributed by atoms with Gasteiger partial charge in [0.05, 0.1) is 0 Å². The first-order valence-electron chi connectivity index (χ1n) is 11.1. The molecule has 0 aromatic heterocycles. The van der Waals surface area contributed by atoms with Crippen molar-refractivity contribution in [1.82, 2.24) is 9.80 Å². The van der Waals surface area contributed by atoms with Crippen molar-refractivity contribution in [2.24, 2.45) is 29.1 Å². The second-order valence-corrected chi connectivity index (χ2v) is 11.8. The fraction of sp³-hybridized carbons (Fsp3) is 1.00. The van der Waals surface area contributed by atoms with Crippen molar-refractivity contribution in [2.45, 2.75) is 85.6 Å². The molecule has 3 rings (SSSR count). The van der Waals surface area contributed by atoms with Gasteiger partial charge in [0, 0.05) is 38.3 Å². The molecule has 1 aliphatic heterocycles. The molecule has 3 aliphatic rings. The highest BCUT2D eigenvalue weighted by atomic mass is 15.3. The predicted octanol–water partition coefficient (Wildman–Crippen LogP) is 5.28. The third-order valence-electron chi connectivity index (χ3n) is 7.35. The van der Waals surface area contributed by atoms with Gasteiger partial charge in [-0.1, -0.05) is 20.8 Å². The molecule has 0 aromatic rings. The second-order valence-electron chi connectivity index (χ2n) is 11.8. The third-order valence-corrected chi connectivity index (χ3v) is 7.35. The first kappa shape index (κ1) is 19.7. The van der Waals surface area contributed by atoms with Crippen LogP contribution in [0, 0.1) is 29.1 Å². The predicted molar refractivity (Wildman–Crippen MR) is 109 cm³/mol. The topological polar surface area (TPSA) is 6.48 Å². The summed E-state index contributed by atoms with van der Waals surface area (Å²) in [7, 11) is 0. The standard InChI is InChI=1S/C23H44N2/c1-22(2,3)8-7-18-13-20-15-19(16-21(20)14-18)17-24-9-11-25(12-10-24)23(4,5)6/h18-21H,7-17H2,1-6H3. The summed E-state index contributed by atoms with van der Waals surface area (Å²) in [6, 6.07) is 0. The highest BCUT2D eigenvalue weighted by Crippen LogP contribution is 2.51. The number of fused-ring (bicyclic) bond motifs is 1. The van der Waals surface area contributed by atoms with Gasteiger partial charge in [0.15, 0.2) is 0 Å². The van der Waals surface area contributed by atoms with Gasteiger partial charge in [0.25, 0.3) is 0 Å². The highest BCUT2D eigenvalue weighted by Gasteiger charge is 2.42. The van der Waals surface area contributed by atoms with Crippen LogP contribution in [0.5, 0.6) is 0 Å². The Balaban J connectivity index is 1.37. The maximum Gasteiger partial charge on any atom is 0.0126 e. The van der Waals surface area contributed by atoms with Gasteiger partial charge in [-0.3, -0.25) is 4.90 Å². The van der Waals surface area contributed by atoms with Crippen LogP contribution in [0.2, 0.25) is 0 Å². The zero-order valence-electron chi connectivity index (χ0n) is 18.0. The van der Waals surface area contributed by atoms with Gasteiger partial charge in [0.2, 0.25) is 0 Å². The monoisotopic (exact) mass is 348 g/mol. The van der Waals surface area contributed by atoms with E-state index >= 15 is 0 Å². The molecule has 2 heteroatoms. The van der Waals surface area contributed by atoms with E-state index in [4.69, 9.17) is 0 Å². The summed E-state index contributed by atoms with van der Waals surface area (Å²) in [5.74, 6) is 4.20. The normalized spacial score (nSPS) is 35.3. The molecule has 1 saturated heterocycles. The van der Waals surface area contributed by atoms with Crippen molar-refractivity contribution in [3.05, 3.63) is 0 Å². The lowest BCUT2D eigenvalue weighted by atomic mass is 9.85. The number of rotatable bonds is 4. The van der Waals surface area contributed by atoms with Gasteiger partial charge in [-0.2, -0.15) is 0 Å². The van der Waals surface area contributed by atoms with Crippen LogP contribution in [0.1, 0.15) is 80.1 Å². The van der Waals surface area contributed by atoms with E-state index in [1.165, 1.54) is 58.4 Å². The van der Waals surface area contributed by atoms with E-state index in [0.717, 1.165) is 23.7 Å². The van der Waals surface area contributed by atoms with Crippen molar-refractivity contribution >= 4 is 0 Å². The van der Waals surface area contributed by atoms with Crippen molar-refractivity contribution in [3.8, 4) is 0 Å². The zero-order chi connectivity index (χ0) is 18.2. The first-order valence-corrected chi connectivity index (χ1v) is 11.1. The second kappa shape index (κ2) is 7.50. The molecule has 0 N–H and O–H groups in total. The molecule has 0 bridgehead atoms. The molecule has 2 nitrogen and oxygen atoms in total. The summed E-state index contributed by atoms with van der Waals surface area (Å²) in [6.45, 7) is 20.8. The minimum atomic E-state index is 0.346. The summed E-state index contributed by atoms with van der Waals surface area (Å²) in [6.07, 6.45) is 9.07. The fourth-order valence-electron chi connectivity index (χ4n) is 5.86. The smallest absolute Gasteiger partial charge is 0.0126 e. The molecule has 0 aromatic carbocycles. The van der Waals surface area contributed by atoms with Crippen molar-refractivity contribution in [1.29, 1.82) is 0 Å². The minimum absolute atomic E-state index is 0.346. The molecule has 0 radical (unpaired) electrons. The van der Waals surface area contributed by atoms with E-state index in [1.54, 1.807) is 12.8 Å². The number of nitrogens with zero attached hydrogens (tertiary/aromatic N) is 2.